The zero-order valence-electron chi connectivity index (χ0n) is 15.7. The number of unbranched alkanes of at least 4 members (excludes halogenated alkanes) is 2. The first-order valence-electron chi connectivity index (χ1n) is 9.33. The van der Waals surface area contributed by atoms with Crippen LogP contribution in [0, 0.1) is 0 Å². The van der Waals surface area contributed by atoms with E-state index in [1.165, 1.54) is 0 Å². The average molecular weight is 403 g/mol. The maximum atomic E-state index is 12.3. The molecule has 0 aliphatic carbocycles. The molecule has 1 aliphatic rings. The molecule has 0 bridgehead atoms. The SMILES string of the molecule is CCCCCN1C(=O)COc2ccc(NC(=O)COc3ccccc3Cl)cc21. The van der Waals surface area contributed by atoms with Gasteiger partial charge in [0.25, 0.3) is 11.8 Å². The second kappa shape index (κ2) is 9.46. The van der Waals surface area contributed by atoms with Crippen molar-refractivity contribution in [1.82, 2.24) is 0 Å². The molecule has 7 heteroatoms. The van der Waals surface area contributed by atoms with Crippen molar-refractivity contribution in [3.63, 3.8) is 0 Å². The van der Waals surface area contributed by atoms with Crippen LogP contribution in [0.1, 0.15) is 26.2 Å². The standard InChI is InChI=1S/C21H23ClN2O4/c1-2-3-6-11-24-17-12-15(9-10-19(17)28-14-21(24)26)23-20(25)13-27-18-8-5-4-7-16(18)22/h4-5,7-10,12H,2-3,6,11,13-14H2,1H3,(H,23,25). The third-order valence-electron chi connectivity index (χ3n) is 4.37. The van der Waals surface area contributed by atoms with Crippen molar-refractivity contribution in [1.29, 1.82) is 0 Å². The Bertz CT molecular complexity index is 856. The summed E-state index contributed by atoms with van der Waals surface area (Å²) in [7, 11) is 0. The van der Waals surface area contributed by atoms with Crippen molar-refractivity contribution in [2.75, 3.05) is 30.0 Å². The van der Waals surface area contributed by atoms with Gasteiger partial charge in [0.15, 0.2) is 13.2 Å². The summed E-state index contributed by atoms with van der Waals surface area (Å²) >= 11 is 6.02. The van der Waals surface area contributed by atoms with Crippen LogP contribution in [0.25, 0.3) is 0 Å². The van der Waals surface area contributed by atoms with Gasteiger partial charge >= 0.3 is 0 Å². The zero-order valence-corrected chi connectivity index (χ0v) is 16.5. The number of ether oxygens (including phenoxy) is 2. The molecule has 1 aliphatic heterocycles. The molecule has 2 amide bonds. The minimum atomic E-state index is -0.319. The molecular formula is C21H23ClN2O4. The summed E-state index contributed by atoms with van der Waals surface area (Å²) in [5.41, 5.74) is 1.25. The highest BCUT2D eigenvalue weighted by atomic mass is 35.5. The monoisotopic (exact) mass is 402 g/mol. The van der Waals surface area contributed by atoms with Gasteiger partial charge in [-0.3, -0.25) is 9.59 Å². The molecule has 0 fully saturated rings. The van der Waals surface area contributed by atoms with Gasteiger partial charge < -0.3 is 19.7 Å². The topological polar surface area (TPSA) is 67.9 Å². The minimum absolute atomic E-state index is 0.0382. The van der Waals surface area contributed by atoms with Crippen molar-refractivity contribution in [2.45, 2.75) is 26.2 Å². The van der Waals surface area contributed by atoms with Crippen molar-refractivity contribution >= 4 is 34.8 Å². The number of nitrogens with zero attached hydrogens (tertiary/aromatic N) is 1. The quantitative estimate of drug-likeness (QED) is 0.669. The summed E-state index contributed by atoms with van der Waals surface area (Å²) in [5.74, 6) is 0.696. The maximum Gasteiger partial charge on any atom is 0.265 e. The van der Waals surface area contributed by atoms with Crippen LogP contribution >= 0.6 is 11.6 Å². The second-order valence-electron chi connectivity index (χ2n) is 6.49. The first-order valence-corrected chi connectivity index (χ1v) is 9.70. The normalized spacial score (nSPS) is 12.9. The predicted octanol–water partition coefficient (Wildman–Crippen LogP) is 4.27. The van der Waals surface area contributed by atoms with Gasteiger partial charge in [0.1, 0.15) is 11.5 Å². The van der Waals surface area contributed by atoms with E-state index in [2.05, 4.69) is 12.2 Å². The van der Waals surface area contributed by atoms with Gasteiger partial charge in [0.05, 0.1) is 10.7 Å². The number of para-hydroxylation sites is 1. The Labute approximate surface area is 169 Å². The number of hydrogen-bond donors (Lipinski definition) is 1. The Balaban J connectivity index is 1.65. The number of carbonyl (C=O) groups is 2. The third kappa shape index (κ3) is 4.95. The van der Waals surface area contributed by atoms with Gasteiger partial charge in [-0.05, 0) is 36.8 Å². The number of anilines is 2. The fourth-order valence-electron chi connectivity index (χ4n) is 2.95. The number of fused-ring (bicyclic) bond motifs is 1. The Hall–Kier alpha value is -2.73. The Kier molecular flexibility index (Phi) is 6.76. The van der Waals surface area contributed by atoms with Crippen LogP contribution in [0.3, 0.4) is 0 Å². The highest BCUT2D eigenvalue weighted by molar-refractivity contribution is 6.32. The Morgan fingerprint density at radius 2 is 2.07 bits per heavy atom. The molecule has 0 aromatic heterocycles. The Morgan fingerprint density at radius 1 is 1.25 bits per heavy atom. The van der Waals surface area contributed by atoms with E-state index in [4.69, 9.17) is 21.1 Å². The van der Waals surface area contributed by atoms with Crippen LogP contribution in [-0.4, -0.2) is 31.6 Å². The number of carbonyl (C=O) groups excluding carboxylic acids is 2. The first-order chi connectivity index (χ1) is 13.6. The van der Waals surface area contributed by atoms with Gasteiger partial charge in [0, 0.05) is 12.2 Å². The number of hydrogen-bond acceptors (Lipinski definition) is 4. The smallest absolute Gasteiger partial charge is 0.265 e. The zero-order chi connectivity index (χ0) is 19.9. The number of benzene rings is 2. The average Bonchev–Trinajstić information content (AvgIpc) is 2.69. The van der Waals surface area contributed by atoms with Crippen LogP contribution in [0.2, 0.25) is 5.02 Å². The van der Waals surface area contributed by atoms with E-state index < -0.39 is 0 Å². The van der Waals surface area contributed by atoms with Gasteiger partial charge in [-0.15, -0.1) is 0 Å². The van der Waals surface area contributed by atoms with Crippen LogP contribution in [0.5, 0.6) is 11.5 Å². The van der Waals surface area contributed by atoms with E-state index in [-0.39, 0.29) is 25.0 Å². The highest BCUT2D eigenvalue weighted by Gasteiger charge is 2.25. The summed E-state index contributed by atoms with van der Waals surface area (Å²) in [4.78, 5) is 26.2. The lowest BCUT2D eigenvalue weighted by atomic mass is 10.1. The fourth-order valence-corrected chi connectivity index (χ4v) is 3.14. The highest BCUT2D eigenvalue weighted by Crippen LogP contribution is 2.35. The number of amides is 2. The van der Waals surface area contributed by atoms with Crippen LogP contribution < -0.4 is 19.7 Å². The molecule has 148 valence electrons. The van der Waals surface area contributed by atoms with Crippen LogP contribution in [0.4, 0.5) is 11.4 Å². The van der Waals surface area contributed by atoms with E-state index in [0.29, 0.717) is 34.4 Å². The lowest BCUT2D eigenvalue weighted by Gasteiger charge is -2.29. The summed E-state index contributed by atoms with van der Waals surface area (Å²) in [6, 6.07) is 12.2. The molecule has 0 unspecified atom stereocenters. The lowest BCUT2D eigenvalue weighted by molar-refractivity contribution is -0.121. The summed E-state index contributed by atoms with van der Waals surface area (Å²) < 4.78 is 11.0. The number of halogens is 1. The van der Waals surface area contributed by atoms with E-state index in [1.54, 1.807) is 47.4 Å². The summed E-state index contributed by atoms with van der Waals surface area (Å²) in [6.45, 7) is 2.62. The maximum absolute atomic E-state index is 12.3. The molecule has 0 saturated carbocycles. The molecule has 2 aromatic carbocycles. The van der Waals surface area contributed by atoms with Crippen LogP contribution in [0.15, 0.2) is 42.5 Å². The molecule has 1 N–H and O–H groups in total. The first kappa shape index (κ1) is 20.0. The molecule has 0 spiro atoms. The largest absolute Gasteiger partial charge is 0.482 e. The van der Waals surface area contributed by atoms with Gasteiger partial charge in [-0.2, -0.15) is 0 Å². The predicted molar refractivity (Wildman–Crippen MR) is 109 cm³/mol. The van der Waals surface area contributed by atoms with E-state index in [9.17, 15) is 9.59 Å². The van der Waals surface area contributed by atoms with Crippen molar-refractivity contribution in [3.8, 4) is 11.5 Å². The molecular weight excluding hydrogens is 380 g/mol. The van der Waals surface area contributed by atoms with E-state index in [1.807, 2.05) is 0 Å². The molecule has 6 nitrogen and oxygen atoms in total. The van der Waals surface area contributed by atoms with Crippen molar-refractivity contribution in [3.05, 3.63) is 47.5 Å². The minimum Gasteiger partial charge on any atom is -0.482 e. The Morgan fingerprint density at radius 3 is 2.86 bits per heavy atom. The molecule has 0 saturated heterocycles. The molecule has 1 heterocycles. The molecule has 3 rings (SSSR count). The van der Waals surface area contributed by atoms with Gasteiger partial charge in [-0.25, -0.2) is 0 Å². The van der Waals surface area contributed by atoms with Crippen molar-refractivity contribution in [2.24, 2.45) is 0 Å². The number of rotatable bonds is 8. The van der Waals surface area contributed by atoms with Gasteiger partial charge in [-0.1, -0.05) is 43.5 Å². The second-order valence-corrected chi connectivity index (χ2v) is 6.90. The van der Waals surface area contributed by atoms with Gasteiger partial charge in [0.2, 0.25) is 0 Å². The van der Waals surface area contributed by atoms with E-state index in [0.717, 1.165) is 19.3 Å². The molecule has 0 atom stereocenters. The molecule has 0 radical (unpaired) electrons. The lowest BCUT2D eigenvalue weighted by Crippen LogP contribution is -2.39. The van der Waals surface area contributed by atoms with Crippen molar-refractivity contribution < 1.29 is 19.1 Å². The number of nitrogens with one attached hydrogen (secondary N) is 1. The van der Waals surface area contributed by atoms with E-state index >= 15 is 0 Å². The summed E-state index contributed by atoms with van der Waals surface area (Å²) in [6.07, 6.45) is 3.05. The summed E-state index contributed by atoms with van der Waals surface area (Å²) in [5, 5.41) is 3.23. The third-order valence-corrected chi connectivity index (χ3v) is 4.68. The van der Waals surface area contributed by atoms with Crippen LogP contribution in [-0.2, 0) is 9.59 Å². The fraction of sp³-hybridized carbons (Fsp3) is 0.333. The molecule has 28 heavy (non-hydrogen) atoms. The molecule has 2 aromatic rings.